The van der Waals surface area contributed by atoms with Gasteiger partial charge < -0.3 is 15.6 Å². The number of hydrogen-bond donors (Lipinski definition) is 2. The Balaban J connectivity index is 2.01. The summed E-state index contributed by atoms with van der Waals surface area (Å²) < 4.78 is 4.66. The number of phenolic OH excluding ortho intramolecular Hbond substituents is 1. The van der Waals surface area contributed by atoms with Crippen molar-refractivity contribution in [2.24, 2.45) is 5.73 Å². The minimum absolute atomic E-state index is 0.0518. The van der Waals surface area contributed by atoms with E-state index in [1.54, 1.807) is 6.07 Å². The quantitative estimate of drug-likeness (QED) is 0.805. The number of hydrogen-bond acceptors (Lipinski definition) is 4. The molecule has 0 atom stereocenters. The summed E-state index contributed by atoms with van der Waals surface area (Å²) in [6.45, 7) is 0.544. The van der Waals surface area contributed by atoms with Gasteiger partial charge in [0.2, 0.25) is 0 Å². The number of aryl methyl sites for hydroxylation is 2. The van der Waals surface area contributed by atoms with E-state index in [1.165, 1.54) is 24.3 Å². The van der Waals surface area contributed by atoms with E-state index in [-0.39, 0.29) is 11.3 Å². The molecule has 0 bridgehead atoms. The highest BCUT2D eigenvalue weighted by Crippen LogP contribution is 2.21. The van der Waals surface area contributed by atoms with Crippen molar-refractivity contribution in [3.05, 3.63) is 64.7 Å². The van der Waals surface area contributed by atoms with Crippen LogP contribution in [0.5, 0.6) is 5.75 Å². The zero-order valence-corrected chi connectivity index (χ0v) is 12.7. The first-order chi connectivity index (χ1) is 10.7. The monoisotopic (exact) mass is 299 g/mol. The Morgan fingerprint density at radius 3 is 2.55 bits per heavy atom. The number of carbonyl (C=O) groups excluding carboxylic acids is 1. The molecule has 22 heavy (non-hydrogen) atoms. The molecule has 0 fully saturated rings. The van der Waals surface area contributed by atoms with Gasteiger partial charge in [-0.25, -0.2) is 4.79 Å². The summed E-state index contributed by atoms with van der Waals surface area (Å²) >= 11 is 0. The van der Waals surface area contributed by atoms with Gasteiger partial charge in [0.15, 0.2) is 0 Å². The third-order valence-corrected chi connectivity index (χ3v) is 3.72. The molecule has 4 nitrogen and oxygen atoms in total. The van der Waals surface area contributed by atoms with Crippen LogP contribution in [0.15, 0.2) is 42.5 Å². The molecule has 0 amide bonds. The molecule has 0 radical (unpaired) electrons. The molecule has 0 unspecified atom stereocenters. The Labute approximate surface area is 130 Å². The fourth-order valence-electron chi connectivity index (χ4n) is 2.50. The van der Waals surface area contributed by atoms with E-state index in [0.29, 0.717) is 6.54 Å². The molecule has 3 N–H and O–H groups in total. The number of methoxy groups -OCH3 is 1. The summed E-state index contributed by atoms with van der Waals surface area (Å²) in [5, 5.41) is 9.69. The Morgan fingerprint density at radius 1 is 1.14 bits per heavy atom. The van der Waals surface area contributed by atoms with E-state index in [2.05, 4.69) is 10.8 Å². The normalized spacial score (nSPS) is 10.5. The highest BCUT2D eigenvalue weighted by molar-refractivity contribution is 5.92. The Hall–Kier alpha value is -2.33. The van der Waals surface area contributed by atoms with Gasteiger partial charge in [-0.05, 0) is 48.1 Å². The van der Waals surface area contributed by atoms with Gasteiger partial charge in [0.1, 0.15) is 11.3 Å². The van der Waals surface area contributed by atoms with Gasteiger partial charge in [-0.3, -0.25) is 0 Å². The van der Waals surface area contributed by atoms with Crippen LogP contribution in [0.2, 0.25) is 0 Å². The fraction of sp³-hybridized carbons (Fsp3) is 0.278. The highest BCUT2D eigenvalue weighted by Gasteiger charge is 2.12. The standard InChI is InChI=1S/C18H21NO3/c1-22-18(21)16-11-13(9-10-17(16)20)5-4-8-14-6-2-3-7-15(14)12-19/h2-3,6-7,9-11,20H,4-5,8,12,19H2,1H3. The van der Waals surface area contributed by atoms with E-state index < -0.39 is 5.97 Å². The van der Waals surface area contributed by atoms with E-state index in [9.17, 15) is 9.90 Å². The maximum Gasteiger partial charge on any atom is 0.341 e. The van der Waals surface area contributed by atoms with Crippen molar-refractivity contribution in [2.45, 2.75) is 25.8 Å². The van der Waals surface area contributed by atoms with Gasteiger partial charge in [-0.15, -0.1) is 0 Å². The average molecular weight is 299 g/mol. The number of ether oxygens (including phenoxy) is 1. The summed E-state index contributed by atoms with van der Waals surface area (Å²) in [7, 11) is 1.30. The maximum atomic E-state index is 11.6. The van der Waals surface area contributed by atoms with Crippen LogP contribution < -0.4 is 5.73 Å². The van der Waals surface area contributed by atoms with E-state index >= 15 is 0 Å². The molecule has 0 saturated heterocycles. The van der Waals surface area contributed by atoms with Crippen LogP contribution in [0.1, 0.15) is 33.5 Å². The summed E-state index contributed by atoms with van der Waals surface area (Å²) in [5.41, 5.74) is 9.38. The van der Waals surface area contributed by atoms with Crippen LogP contribution in [0, 0.1) is 0 Å². The van der Waals surface area contributed by atoms with Crippen LogP contribution in [0.3, 0.4) is 0 Å². The second-order valence-corrected chi connectivity index (χ2v) is 5.17. The lowest BCUT2D eigenvalue weighted by molar-refractivity contribution is 0.0597. The number of phenols is 1. The van der Waals surface area contributed by atoms with E-state index in [1.807, 2.05) is 24.3 Å². The third-order valence-electron chi connectivity index (χ3n) is 3.72. The number of nitrogens with two attached hydrogens (primary N) is 1. The second kappa shape index (κ2) is 7.61. The Morgan fingerprint density at radius 2 is 1.86 bits per heavy atom. The minimum atomic E-state index is -0.521. The molecule has 0 aliphatic carbocycles. The van der Waals surface area contributed by atoms with Crippen LogP contribution in [-0.2, 0) is 24.1 Å². The molecule has 2 aromatic rings. The molecule has 2 aromatic carbocycles. The molecule has 116 valence electrons. The lowest BCUT2D eigenvalue weighted by Gasteiger charge is -2.09. The molecular formula is C18H21NO3. The molecule has 0 aliphatic rings. The molecule has 0 saturated carbocycles. The van der Waals surface area contributed by atoms with Gasteiger partial charge in [0.05, 0.1) is 7.11 Å². The minimum Gasteiger partial charge on any atom is -0.507 e. The molecule has 0 spiro atoms. The highest BCUT2D eigenvalue weighted by atomic mass is 16.5. The van der Waals surface area contributed by atoms with Crippen molar-refractivity contribution in [3.8, 4) is 5.75 Å². The van der Waals surface area contributed by atoms with Gasteiger partial charge >= 0.3 is 5.97 Å². The molecule has 0 aromatic heterocycles. The SMILES string of the molecule is COC(=O)c1cc(CCCc2ccccc2CN)ccc1O. The van der Waals surface area contributed by atoms with Crippen molar-refractivity contribution in [3.63, 3.8) is 0 Å². The van der Waals surface area contributed by atoms with Gasteiger partial charge in [-0.2, -0.15) is 0 Å². The van der Waals surface area contributed by atoms with Crippen molar-refractivity contribution in [1.29, 1.82) is 0 Å². The largest absolute Gasteiger partial charge is 0.507 e. The summed E-state index contributed by atoms with van der Waals surface area (Å²) in [6, 6.07) is 13.2. The number of benzene rings is 2. The topological polar surface area (TPSA) is 72.5 Å². The van der Waals surface area contributed by atoms with Crippen molar-refractivity contribution in [1.82, 2.24) is 0 Å². The first kappa shape index (κ1) is 16.0. The zero-order valence-electron chi connectivity index (χ0n) is 12.7. The summed E-state index contributed by atoms with van der Waals surface area (Å²) in [6.07, 6.45) is 2.70. The van der Waals surface area contributed by atoms with Crippen LogP contribution in [0.4, 0.5) is 0 Å². The van der Waals surface area contributed by atoms with Gasteiger partial charge in [0.25, 0.3) is 0 Å². The Kier molecular flexibility index (Phi) is 5.55. The third kappa shape index (κ3) is 3.86. The van der Waals surface area contributed by atoms with E-state index in [4.69, 9.17) is 5.73 Å². The number of rotatable bonds is 6. The first-order valence-corrected chi connectivity index (χ1v) is 7.32. The van der Waals surface area contributed by atoms with E-state index in [0.717, 1.165) is 24.8 Å². The number of esters is 1. The molecule has 2 rings (SSSR count). The van der Waals surface area contributed by atoms with Crippen LogP contribution in [-0.4, -0.2) is 18.2 Å². The molecule has 0 aliphatic heterocycles. The predicted molar refractivity (Wildman–Crippen MR) is 85.8 cm³/mol. The molecule has 4 heteroatoms. The smallest absolute Gasteiger partial charge is 0.341 e. The fourth-order valence-corrected chi connectivity index (χ4v) is 2.50. The van der Waals surface area contributed by atoms with Gasteiger partial charge in [-0.1, -0.05) is 30.3 Å². The first-order valence-electron chi connectivity index (χ1n) is 7.32. The van der Waals surface area contributed by atoms with Crippen molar-refractivity contribution >= 4 is 5.97 Å². The molecule has 0 heterocycles. The number of carbonyl (C=O) groups is 1. The zero-order chi connectivity index (χ0) is 15.9. The summed E-state index contributed by atoms with van der Waals surface area (Å²) in [5.74, 6) is -0.572. The lowest BCUT2D eigenvalue weighted by atomic mass is 9.99. The number of aromatic hydroxyl groups is 1. The second-order valence-electron chi connectivity index (χ2n) is 5.17. The lowest BCUT2D eigenvalue weighted by Crippen LogP contribution is -2.03. The molecular weight excluding hydrogens is 278 g/mol. The summed E-state index contributed by atoms with van der Waals surface area (Å²) in [4.78, 5) is 11.6. The van der Waals surface area contributed by atoms with Crippen LogP contribution >= 0.6 is 0 Å². The van der Waals surface area contributed by atoms with Crippen molar-refractivity contribution in [2.75, 3.05) is 7.11 Å². The predicted octanol–water partition coefficient (Wildman–Crippen LogP) is 2.81. The maximum absolute atomic E-state index is 11.6. The Bertz CT molecular complexity index is 653. The van der Waals surface area contributed by atoms with Crippen LogP contribution in [0.25, 0.3) is 0 Å². The van der Waals surface area contributed by atoms with Gasteiger partial charge in [0, 0.05) is 6.54 Å². The average Bonchev–Trinajstić information content (AvgIpc) is 2.56. The van der Waals surface area contributed by atoms with Crippen molar-refractivity contribution < 1.29 is 14.6 Å².